The van der Waals surface area contributed by atoms with E-state index in [0.717, 1.165) is 24.0 Å². The second-order valence-electron chi connectivity index (χ2n) is 6.42. The maximum Gasteiger partial charge on any atom is 0.229 e. The molecule has 1 saturated heterocycles. The number of anilines is 2. The van der Waals surface area contributed by atoms with Crippen molar-refractivity contribution >= 4 is 29.5 Å². The van der Waals surface area contributed by atoms with Gasteiger partial charge in [0.1, 0.15) is 0 Å². The first-order valence-electron chi connectivity index (χ1n) is 8.59. The molecule has 4 rings (SSSR count). The molecule has 2 aromatic heterocycles. The minimum atomic E-state index is -0.0506. The van der Waals surface area contributed by atoms with Crippen molar-refractivity contribution in [3.63, 3.8) is 0 Å². The number of fused-ring (bicyclic) bond motifs is 1. The summed E-state index contributed by atoms with van der Waals surface area (Å²) in [4.78, 5) is 20.7. The fraction of sp³-hybridized carbons (Fsp3) is 0.412. The predicted molar refractivity (Wildman–Crippen MR) is 97.7 cm³/mol. The predicted octanol–water partition coefficient (Wildman–Crippen LogP) is 1.17. The normalized spacial score (nSPS) is 18.6. The number of carbonyl (C=O) groups excluding carboxylic acids is 1. The van der Waals surface area contributed by atoms with Gasteiger partial charge in [-0.05, 0) is 24.5 Å². The van der Waals surface area contributed by atoms with E-state index in [1.54, 1.807) is 17.8 Å². The molecule has 9 heteroatoms. The molecule has 0 radical (unpaired) electrons. The number of amides is 1. The highest BCUT2D eigenvalue weighted by molar-refractivity contribution is 5.89. The molecule has 2 aliphatic rings. The molecule has 3 heterocycles. The van der Waals surface area contributed by atoms with Gasteiger partial charge in [-0.2, -0.15) is 19.6 Å². The topological polar surface area (TPSA) is 105 Å². The Morgan fingerprint density at radius 3 is 3.00 bits per heavy atom. The Balaban J connectivity index is 1.71. The van der Waals surface area contributed by atoms with E-state index in [4.69, 9.17) is 4.74 Å². The van der Waals surface area contributed by atoms with Crippen molar-refractivity contribution < 1.29 is 9.53 Å². The number of hydrogen-bond acceptors (Lipinski definition) is 7. The summed E-state index contributed by atoms with van der Waals surface area (Å²) in [6.45, 7) is 5.05. The molecule has 0 unspecified atom stereocenters. The van der Waals surface area contributed by atoms with E-state index in [1.807, 2.05) is 6.08 Å². The van der Waals surface area contributed by atoms with E-state index < -0.39 is 0 Å². The van der Waals surface area contributed by atoms with Crippen LogP contribution in [0.2, 0.25) is 0 Å². The van der Waals surface area contributed by atoms with Crippen LogP contribution in [0.25, 0.3) is 11.7 Å². The summed E-state index contributed by atoms with van der Waals surface area (Å²) < 4.78 is 6.76. The van der Waals surface area contributed by atoms with Gasteiger partial charge < -0.3 is 20.7 Å². The van der Waals surface area contributed by atoms with Crippen molar-refractivity contribution in [1.82, 2.24) is 24.9 Å². The Hall–Kier alpha value is -2.94. The second kappa shape index (κ2) is 6.75. The lowest BCUT2D eigenvalue weighted by Gasteiger charge is -2.10. The number of carbonyl (C=O) groups is 1. The van der Waals surface area contributed by atoms with Crippen LogP contribution >= 0.6 is 0 Å². The molecule has 1 aliphatic heterocycles. The molecular formula is C17H21N7O2. The first kappa shape index (κ1) is 16.5. The Morgan fingerprint density at radius 2 is 2.31 bits per heavy atom. The molecule has 0 spiro atoms. The molecule has 9 nitrogen and oxygen atoms in total. The molecular weight excluding hydrogens is 334 g/mol. The molecule has 0 atom stereocenters. The zero-order valence-corrected chi connectivity index (χ0v) is 14.6. The third-order valence-electron chi connectivity index (χ3n) is 4.25. The second-order valence-corrected chi connectivity index (χ2v) is 6.42. The van der Waals surface area contributed by atoms with Crippen LogP contribution < -0.4 is 16.0 Å². The Labute approximate surface area is 150 Å². The average Bonchev–Trinajstić information content (AvgIpc) is 3.24. The summed E-state index contributed by atoms with van der Waals surface area (Å²) in [5, 5.41) is 13.7. The van der Waals surface area contributed by atoms with E-state index in [0.29, 0.717) is 48.9 Å². The van der Waals surface area contributed by atoms with Crippen molar-refractivity contribution in [1.29, 1.82) is 0 Å². The average molecular weight is 355 g/mol. The summed E-state index contributed by atoms with van der Waals surface area (Å²) in [5.41, 5.74) is 2.95. The van der Waals surface area contributed by atoms with Crippen LogP contribution in [0.3, 0.4) is 0 Å². The van der Waals surface area contributed by atoms with E-state index in [-0.39, 0.29) is 5.91 Å². The summed E-state index contributed by atoms with van der Waals surface area (Å²) in [6, 6.07) is 0.433. The molecule has 136 valence electrons. The van der Waals surface area contributed by atoms with E-state index in [2.05, 4.69) is 37.6 Å². The lowest BCUT2D eigenvalue weighted by Crippen LogP contribution is -2.15. The van der Waals surface area contributed by atoms with E-state index in [1.165, 1.54) is 0 Å². The van der Waals surface area contributed by atoms with Crippen molar-refractivity contribution in [2.45, 2.75) is 25.3 Å². The number of ether oxygens (including phenoxy) is 1. The van der Waals surface area contributed by atoms with Crippen LogP contribution in [-0.4, -0.2) is 51.8 Å². The van der Waals surface area contributed by atoms with E-state index in [9.17, 15) is 4.79 Å². The highest BCUT2D eigenvalue weighted by atomic mass is 16.5. The third kappa shape index (κ3) is 3.38. The largest absolute Gasteiger partial charge is 0.383 e. The van der Waals surface area contributed by atoms with Crippen LogP contribution in [0, 0.1) is 0 Å². The summed E-state index contributed by atoms with van der Waals surface area (Å²) in [6.07, 6.45) is 6.19. The van der Waals surface area contributed by atoms with Gasteiger partial charge in [0.2, 0.25) is 17.8 Å². The lowest BCUT2D eigenvalue weighted by molar-refractivity contribution is -0.118. The first-order valence-corrected chi connectivity index (χ1v) is 8.59. The maximum atomic E-state index is 11.5. The molecule has 0 aromatic carbocycles. The maximum absolute atomic E-state index is 11.5. The van der Waals surface area contributed by atoms with Gasteiger partial charge in [-0.3, -0.25) is 4.79 Å². The van der Waals surface area contributed by atoms with Crippen molar-refractivity contribution in [3.8, 4) is 0 Å². The fourth-order valence-corrected chi connectivity index (χ4v) is 2.74. The minimum Gasteiger partial charge on any atom is -0.383 e. The molecule has 26 heavy (non-hydrogen) atoms. The van der Waals surface area contributed by atoms with Crippen LogP contribution in [-0.2, 0) is 9.53 Å². The monoisotopic (exact) mass is 355 g/mol. The van der Waals surface area contributed by atoms with Crippen LogP contribution in [0.15, 0.2) is 24.0 Å². The summed E-state index contributed by atoms with van der Waals surface area (Å²) >= 11 is 0. The van der Waals surface area contributed by atoms with Gasteiger partial charge in [-0.15, -0.1) is 0 Å². The summed E-state index contributed by atoms with van der Waals surface area (Å²) in [7, 11) is 1.65. The van der Waals surface area contributed by atoms with Gasteiger partial charge in [-0.25, -0.2) is 0 Å². The number of aromatic nitrogens is 4. The van der Waals surface area contributed by atoms with Crippen LogP contribution in [0.1, 0.15) is 24.8 Å². The molecule has 3 N–H and O–H groups in total. The number of hydrogen-bond donors (Lipinski definition) is 3. The third-order valence-corrected chi connectivity index (χ3v) is 4.25. The van der Waals surface area contributed by atoms with Gasteiger partial charge in [0, 0.05) is 31.0 Å². The highest BCUT2D eigenvalue weighted by Crippen LogP contribution is 2.27. The van der Waals surface area contributed by atoms with Gasteiger partial charge in [0.15, 0.2) is 5.65 Å². The highest BCUT2D eigenvalue weighted by Gasteiger charge is 2.24. The fourth-order valence-electron chi connectivity index (χ4n) is 2.74. The SMILES string of the molecule is C=C1NC(=O)C/C1=C\c1cnn2c(NC3CC3)nc(NCCOC)nc12. The molecule has 2 aromatic rings. The number of methoxy groups -OCH3 is 1. The van der Waals surface area contributed by atoms with Crippen molar-refractivity contribution in [3.05, 3.63) is 29.6 Å². The number of allylic oxidation sites excluding steroid dienone is 1. The number of rotatable bonds is 7. The van der Waals surface area contributed by atoms with Gasteiger partial charge in [-0.1, -0.05) is 6.58 Å². The first-order chi connectivity index (χ1) is 12.6. The lowest BCUT2D eigenvalue weighted by atomic mass is 10.1. The quantitative estimate of drug-likeness (QED) is 0.640. The zero-order valence-electron chi connectivity index (χ0n) is 14.6. The molecule has 1 amide bonds. The summed E-state index contributed by atoms with van der Waals surface area (Å²) in [5.74, 6) is 1.11. The van der Waals surface area contributed by atoms with Crippen molar-refractivity contribution in [2.75, 3.05) is 30.9 Å². The van der Waals surface area contributed by atoms with Crippen LogP contribution in [0.4, 0.5) is 11.9 Å². The van der Waals surface area contributed by atoms with Crippen molar-refractivity contribution in [2.24, 2.45) is 0 Å². The Kier molecular flexibility index (Phi) is 4.29. The Morgan fingerprint density at radius 1 is 1.46 bits per heavy atom. The van der Waals surface area contributed by atoms with Gasteiger partial charge in [0.25, 0.3) is 0 Å². The zero-order chi connectivity index (χ0) is 18.1. The molecule has 0 bridgehead atoms. The standard InChI is InChI=1S/C17H21N7O2/c1-10-11(8-14(25)20-10)7-12-9-19-24-15(12)22-16(18-5-6-26-2)23-17(24)21-13-3-4-13/h7,9,13H,1,3-6,8H2,2H3,(H,20,25)(H2,18,21,22,23)/b11-7+. The van der Waals surface area contributed by atoms with Gasteiger partial charge in [0.05, 0.1) is 19.2 Å². The molecule has 2 fully saturated rings. The number of nitrogens with one attached hydrogen (secondary N) is 3. The Bertz CT molecular complexity index is 898. The molecule has 1 aliphatic carbocycles. The van der Waals surface area contributed by atoms with Crippen LogP contribution in [0.5, 0.6) is 0 Å². The van der Waals surface area contributed by atoms with E-state index >= 15 is 0 Å². The smallest absolute Gasteiger partial charge is 0.229 e. The van der Waals surface area contributed by atoms with Gasteiger partial charge >= 0.3 is 0 Å². The number of nitrogens with zero attached hydrogens (tertiary/aromatic N) is 4. The minimum absolute atomic E-state index is 0.0506. The molecule has 1 saturated carbocycles.